The molecule has 0 aliphatic heterocycles. The molecule has 0 fully saturated rings. The van der Waals surface area contributed by atoms with Gasteiger partial charge in [0.05, 0.1) is 10.9 Å². The molecule has 3 nitrogen and oxygen atoms in total. The van der Waals surface area contributed by atoms with Gasteiger partial charge in [0, 0.05) is 13.5 Å². The number of hydrogen-bond donors (Lipinski definition) is 0. The van der Waals surface area contributed by atoms with Crippen molar-refractivity contribution in [2.24, 2.45) is 7.05 Å². The highest BCUT2D eigenvalue weighted by molar-refractivity contribution is 5.77. The highest BCUT2D eigenvalue weighted by Crippen LogP contribution is 2.09. The summed E-state index contributed by atoms with van der Waals surface area (Å²) in [6, 6.07) is 7.54. The van der Waals surface area contributed by atoms with Gasteiger partial charge in [0.2, 0.25) is 0 Å². The number of benzene rings is 1. The van der Waals surface area contributed by atoms with E-state index >= 15 is 0 Å². The van der Waals surface area contributed by atoms with E-state index in [4.69, 9.17) is 0 Å². The molecule has 17 heavy (non-hydrogen) atoms. The van der Waals surface area contributed by atoms with Crippen LogP contribution in [0.1, 0.15) is 32.0 Å². The average molecular weight is 230 g/mol. The van der Waals surface area contributed by atoms with Crippen LogP contribution in [-0.2, 0) is 13.5 Å². The molecule has 0 bridgehead atoms. The van der Waals surface area contributed by atoms with Gasteiger partial charge < -0.3 is 0 Å². The molecule has 0 saturated heterocycles. The highest BCUT2D eigenvalue weighted by Gasteiger charge is 2.06. The maximum absolute atomic E-state index is 12.1. The Morgan fingerprint density at radius 2 is 2.00 bits per heavy atom. The molecular formula is C14H18N2O. The summed E-state index contributed by atoms with van der Waals surface area (Å²) in [4.78, 5) is 16.7. The minimum atomic E-state index is 0.0575. The Labute approximate surface area is 101 Å². The molecule has 1 aromatic heterocycles. The van der Waals surface area contributed by atoms with Crippen LogP contribution in [0.5, 0.6) is 0 Å². The van der Waals surface area contributed by atoms with Crippen LogP contribution in [0.4, 0.5) is 0 Å². The van der Waals surface area contributed by atoms with E-state index in [2.05, 4.69) is 11.9 Å². The van der Waals surface area contributed by atoms with Crippen molar-refractivity contribution in [2.45, 2.75) is 32.6 Å². The number of unbranched alkanes of at least 4 members (excludes halogenated alkanes) is 2. The molecular weight excluding hydrogens is 212 g/mol. The van der Waals surface area contributed by atoms with E-state index < -0.39 is 0 Å². The Kier molecular flexibility index (Phi) is 3.57. The van der Waals surface area contributed by atoms with E-state index in [-0.39, 0.29) is 5.56 Å². The van der Waals surface area contributed by atoms with Gasteiger partial charge in [0.25, 0.3) is 5.56 Å². The lowest BCUT2D eigenvalue weighted by molar-refractivity contribution is 0.654. The molecule has 0 aliphatic rings. The molecule has 0 saturated carbocycles. The van der Waals surface area contributed by atoms with Gasteiger partial charge in [-0.25, -0.2) is 4.98 Å². The minimum absolute atomic E-state index is 0.0575. The highest BCUT2D eigenvalue weighted by atomic mass is 16.1. The predicted octanol–water partition coefficient (Wildman–Crippen LogP) is 2.67. The Morgan fingerprint density at radius 3 is 2.76 bits per heavy atom. The molecule has 1 aromatic carbocycles. The molecule has 0 atom stereocenters. The van der Waals surface area contributed by atoms with Gasteiger partial charge in [-0.05, 0) is 18.6 Å². The summed E-state index contributed by atoms with van der Waals surface area (Å²) in [5.74, 6) is 0.891. The van der Waals surface area contributed by atoms with Gasteiger partial charge in [-0.1, -0.05) is 31.9 Å². The zero-order chi connectivity index (χ0) is 12.3. The van der Waals surface area contributed by atoms with Gasteiger partial charge in [-0.15, -0.1) is 0 Å². The third-order valence-corrected chi connectivity index (χ3v) is 3.08. The SMILES string of the molecule is CCCCCc1nc2ccccc2c(=O)n1C. The number of nitrogens with zero attached hydrogens (tertiary/aromatic N) is 2. The lowest BCUT2D eigenvalue weighted by Gasteiger charge is -2.08. The van der Waals surface area contributed by atoms with Crippen LogP contribution in [0.15, 0.2) is 29.1 Å². The standard InChI is InChI=1S/C14H18N2O/c1-3-4-5-10-13-15-12-9-7-6-8-11(12)14(17)16(13)2/h6-9H,3-5,10H2,1-2H3. The smallest absolute Gasteiger partial charge is 0.261 e. The van der Waals surface area contributed by atoms with Gasteiger partial charge in [0.1, 0.15) is 5.82 Å². The molecule has 0 aliphatic carbocycles. The third kappa shape index (κ3) is 2.38. The van der Waals surface area contributed by atoms with Crippen LogP contribution in [-0.4, -0.2) is 9.55 Å². The van der Waals surface area contributed by atoms with Crippen molar-refractivity contribution < 1.29 is 0 Å². The number of fused-ring (bicyclic) bond motifs is 1. The lowest BCUT2D eigenvalue weighted by atomic mass is 10.2. The number of para-hydroxylation sites is 1. The maximum Gasteiger partial charge on any atom is 0.261 e. The van der Waals surface area contributed by atoms with E-state index in [0.717, 1.165) is 24.2 Å². The van der Waals surface area contributed by atoms with Gasteiger partial charge in [-0.2, -0.15) is 0 Å². The van der Waals surface area contributed by atoms with E-state index in [9.17, 15) is 4.79 Å². The van der Waals surface area contributed by atoms with E-state index in [1.807, 2.05) is 31.3 Å². The fourth-order valence-electron chi connectivity index (χ4n) is 2.02. The van der Waals surface area contributed by atoms with Gasteiger partial charge in [0.15, 0.2) is 0 Å². The topological polar surface area (TPSA) is 34.9 Å². The zero-order valence-corrected chi connectivity index (χ0v) is 10.4. The Balaban J connectivity index is 2.43. The minimum Gasteiger partial charge on any atom is -0.299 e. The number of rotatable bonds is 4. The lowest BCUT2D eigenvalue weighted by Crippen LogP contribution is -2.22. The molecule has 2 aromatic rings. The second kappa shape index (κ2) is 5.13. The van der Waals surface area contributed by atoms with Crippen LogP contribution >= 0.6 is 0 Å². The fourth-order valence-corrected chi connectivity index (χ4v) is 2.02. The second-order valence-electron chi connectivity index (χ2n) is 4.37. The van der Waals surface area contributed by atoms with Crippen LogP contribution in [0, 0.1) is 0 Å². The largest absolute Gasteiger partial charge is 0.299 e. The summed E-state index contributed by atoms with van der Waals surface area (Å²) in [6.07, 6.45) is 4.34. The molecule has 0 spiro atoms. The molecule has 90 valence electrons. The van der Waals surface area contributed by atoms with Crippen molar-refractivity contribution in [1.82, 2.24) is 9.55 Å². The normalized spacial score (nSPS) is 10.9. The van der Waals surface area contributed by atoms with Crippen molar-refractivity contribution in [3.05, 3.63) is 40.4 Å². The van der Waals surface area contributed by atoms with E-state index in [1.54, 1.807) is 4.57 Å². The summed E-state index contributed by atoms with van der Waals surface area (Å²) in [7, 11) is 1.81. The van der Waals surface area contributed by atoms with Crippen LogP contribution in [0.25, 0.3) is 10.9 Å². The van der Waals surface area contributed by atoms with Gasteiger partial charge in [-0.3, -0.25) is 9.36 Å². The van der Waals surface area contributed by atoms with Crippen LogP contribution in [0.3, 0.4) is 0 Å². The maximum atomic E-state index is 12.1. The summed E-state index contributed by atoms with van der Waals surface area (Å²) in [6.45, 7) is 2.17. The van der Waals surface area contributed by atoms with E-state index in [1.165, 1.54) is 12.8 Å². The Bertz CT molecular complexity index is 572. The molecule has 0 N–H and O–H groups in total. The summed E-state index contributed by atoms with van der Waals surface area (Å²) < 4.78 is 1.68. The van der Waals surface area contributed by atoms with Crippen molar-refractivity contribution in [3.63, 3.8) is 0 Å². The second-order valence-corrected chi connectivity index (χ2v) is 4.37. The monoisotopic (exact) mass is 230 g/mol. The quantitative estimate of drug-likeness (QED) is 0.757. The van der Waals surface area contributed by atoms with Crippen molar-refractivity contribution in [1.29, 1.82) is 0 Å². The predicted molar refractivity (Wildman–Crippen MR) is 70.2 cm³/mol. The third-order valence-electron chi connectivity index (χ3n) is 3.08. The molecule has 2 rings (SSSR count). The fraction of sp³-hybridized carbons (Fsp3) is 0.429. The number of aryl methyl sites for hydroxylation is 1. The number of aromatic nitrogens is 2. The van der Waals surface area contributed by atoms with E-state index in [0.29, 0.717) is 5.39 Å². The van der Waals surface area contributed by atoms with Crippen molar-refractivity contribution in [2.75, 3.05) is 0 Å². The van der Waals surface area contributed by atoms with Crippen LogP contribution < -0.4 is 5.56 Å². The van der Waals surface area contributed by atoms with Crippen molar-refractivity contribution >= 4 is 10.9 Å². The molecule has 0 amide bonds. The average Bonchev–Trinajstić information content (AvgIpc) is 2.35. The Morgan fingerprint density at radius 1 is 1.24 bits per heavy atom. The molecule has 0 unspecified atom stereocenters. The summed E-state index contributed by atoms with van der Waals surface area (Å²) >= 11 is 0. The summed E-state index contributed by atoms with van der Waals surface area (Å²) in [5.41, 5.74) is 0.865. The Hall–Kier alpha value is -1.64. The first kappa shape index (κ1) is 11.8. The first-order valence-corrected chi connectivity index (χ1v) is 6.18. The number of hydrogen-bond acceptors (Lipinski definition) is 2. The molecule has 3 heteroatoms. The summed E-state index contributed by atoms with van der Waals surface area (Å²) in [5, 5.41) is 0.703. The molecule has 0 radical (unpaired) electrons. The van der Waals surface area contributed by atoms with Crippen LogP contribution in [0.2, 0.25) is 0 Å². The first-order chi connectivity index (χ1) is 8.24. The first-order valence-electron chi connectivity index (χ1n) is 6.18. The van der Waals surface area contributed by atoms with Gasteiger partial charge >= 0.3 is 0 Å². The zero-order valence-electron chi connectivity index (χ0n) is 10.4. The van der Waals surface area contributed by atoms with Crippen molar-refractivity contribution in [3.8, 4) is 0 Å². The molecule has 1 heterocycles.